The molecule has 0 fully saturated rings. The van der Waals surface area contributed by atoms with Crippen LogP contribution in [0.2, 0.25) is 0 Å². The van der Waals surface area contributed by atoms with Crippen LogP contribution in [0.15, 0.2) is 42.5 Å². The summed E-state index contributed by atoms with van der Waals surface area (Å²) in [6, 6.07) is 13.5. The zero-order valence-corrected chi connectivity index (χ0v) is 14.8. The van der Waals surface area contributed by atoms with Crippen molar-refractivity contribution in [2.75, 3.05) is 13.2 Å². The normalized spacial score (nSPS) is 10.2. The second kappa shape index (κ2) is 8.87. The van der Waals surface area contributed by atoms with E-state index >= 15 is 0 Å². The Hall–Kier alpha value is -2.82. The molecule has 0 bridgehead atoms. The summed E-state index contributed by atoms with van der Waals surface area (Å²) in [5, 5.41) is 2.73. The van der Waals surface area contributed by atoms with Gasteiger partial charge in [-0.3, -0.25) is 4.79 Å². The fourth-order valence-electron chi connectivity index (χ4n) is 2.34. The lowest BCUT2D eigenvalue weighted by Crippen LogP contribution is -2.29. The molecular formula is C20H23NO4. The fourth-order valence-corrected chi connectivity index (χ4v) is 2.34. The van der Waals surface area contributed by atoms with Gasteiger partial charge in [-0.1, -0.05) is 42.0 Å². The maximum atomic E-state index is 11.8. The summed E-state index contributed by atoms with van der Waals surface area (Å²) >= 11 is 0. The highest BCUT2D eigenvalue weighted by atomic mass is 16.6. The highest BCUT2D eigenvalue weighted by Gasteiger charge is 2.09. The summed E-state index contributed by atoms with van der Waals surface area (Å²) in [6.45, 7) is 5.73. The van der Waals surface area contributed by atoms with Crippen LogP contribution >= 0.6 is 0 Å². The third-order valence-corrected chi connectivity index (χ3v) is 3.78. The average molecular weight is 341 g/mol. The van der Waals surface area contributed by atoms with Crippen LogP contribution in [0.25, 0.3) is 0 Å². The molecule has 0 atom stereocenters. The van der Waals surface area contributed by atoms with Gasteiger partial charge in [0.05, 0.1) is 0 Å². The van der Waals surface area contributed by atoms with Crippen LogP contribution in [0.5, 0.6) is 5.75 Å². The highest BCUT2D eigenvalue weighted by molar-refractivity contribution is 5.80. The van der Waals surface area contributed by atoms with Crippen LogP contribution in [0.4, 0.5) is 0 Å². The van der Waals surface area contributed by atoms with Gasteiger partial charge in [0.15, 0.2) is 13.2 Å². The minimum Gasteiger partial charge on any atom is -0.482 e. The van der Waals surface area contributed by atoms with E-state index in [2.05, 4.69) is 5.32 Å². The third-order valence-electron chi connectivity index (χ3n) is 3.78. The number of amides is 1. The molecule has 0 aromatic heterocycles. The maximum absolute atomic E-state index is 11.8. The molecule has 2 aromatic rings. The number of carbonyl (C=O) groups excluding carboxylic acids is 2. The van der Waals surface area contributed by atoms with Crippen LogP contribution in [0, 0.1) is 20.8 Å². The summed E-state index contributed by atoms with van der Waals surface area (Å²) in [6.07, 6.45) is 0. The summed E-state index contributed by atoms with van der Waals surface area (Å²) < 4.78 is 10.4. The lowest BCUT2D eigenvalue weighted by atomic mass is 10.1. The quantitative estimate of drug-likeness (QED) is 0.787. The van der Waals surface area contributed by atoms with Gasteiger partial charge in [0, 0.05) is 6.54 Å². The topological polar surface area (TPSA) is 64.6 Å². The molecule has 0 unspecified atom stereocenters. The second-order valence-corrected chi connectivity index (χ2v) is 5.92. The molecule has 0 saturated carbocycles. The first kappa shape index (κ1) is 18.5. The van der Waals surface area contributed by atoms with E-state index in [1.165, 1.54) is 0 Å². The molecule has 0 radical (unpaired) electrons. The van der Waals surface area contributed by atoms with Crippen LogP contribution < -0.4 is 10.1 Å². The number of hydrogen-bond acceptors (Lipinski definition) is 4. The third kappa shape index (κ3) is 5.95. The molecule has 0 heterocycles. The Morgan fingerprint density at radius 3 is 2.44 bits per heavy atom. The number of benzene rings is 2. The van der Waals surface area contributed by atoms with E-state index in [0.29, 0.717) is 12.3 Å². The molecule has 1 N–H and O–H groups in total. The first-order valence-electron chi connectivity index (χ1n) is 8.12. The zero-order chi connectivity index (χ0) is 18.2. The second-order valence-electron chi connectivity index (χ2n) is 5.92. The number of carbonyl (C=O) groups is 2. The molecule has 0 saturated heterocycles. The molecule has 0 aliphatic heterocycles. The number of esters is 1. The Morgan fingerprint density at radius 2 is 1.72 bits per heavy atom. The minimum atomic E-state index is -0.578. The Morgan fingerprint density at radius 1 is 0.960 bits per heavy atom. The average Bonchev–Trinajstić information content (AvgIpc) is 2.58. The summed E-state index contributed by atoms with van der Waals surface area (Å²) in [5.41, 5.74) is 4.20. The fraction of sp³-hybridized carbons (Fsp3) is 0.300. The molecule has 1 amide bonds. The van der Waals surface area contributed by atoms with Gasteiger partial charge in [0.1, 0.15) is 5.75 Å². The van der Waals surface area contributed by atoms with E-state index in [1.54, 1.807) is 0 Å². The van der Waals surface area contributed by atoms with Crippen molar-refractivity contribution in [3.8, 4) is 5.75 Å². The first-order valence-corrected chi connectivity index (χ1v) is 8.12. The smallest absolute Gasteiger partial charge is 0.344 e. The van der Waals surface area contributed by atoms with Crippen molar-refractivity contribution < 1.29 is 19.1 Å². The van der Waals surface area contributed by atoms with Crippen molar-refractivity contribution >= 4 is 11.9 Å². The van der Waals surface area contributed by atoms with Crippen molar-refractivity contribution in [2.24, 2.45) is 0 Å². The lowest BCUT2D eigenvalue weighted by Gasteiger charge is -2.10. The standard InChI is InChI=1S/C20H23NO4/c1-14-8-9-18(16(3)10-14)24-13-20(23)25-12-19(22)21-11-17-7-5-4-6-15(17)2/h4-10H,11-13H2,1-3H3,(H,21,22). The minimum absolute atomic E-state index is 0.227. The van der Waals surface area contributed by atoms with Crippen molar-refractivity contribution in [3.63, 3.8) is 0 Å². The lowest BCUT2D eigenvalue weighted by molar-refractivity contribution is -0.150. The largest absolute Gasteiger partial charge is 0.482 e. The maximum Gasteiger partial charge on any atom is 0.344 e. The van der Waals surface area contributed by atoms with Gasteiger partial charge in [0.25, 0.3) is 5.91 Å². The van der Waals surface area contributed by atoms with Crippen molar-refractivity contribution in [3.05, 3.63) is 64.7 Å². The number of aryl methyl sites for hydroxylation is 3. The van der Waals surface area contributed by atoms with Crippen molar-refractivity contribution in [2.45, 2.75) is 27.3 Å². The SMILES string of the molecule is Cc1ccc(OCC(=O)OCC(=O)NCc2ccccc2C)c(C)c1. The van der Waals surface area contributed by atoms with E-state index in [-0.39, 0.29) is 19.1 Å². The van der Waals surface area contributed by atoms with Crippen LogP contribution in [0.1, 0.15) is 22.3 Å². The highest BCUT2D eigenvalue weighted by Crippen LogP contribution is 2.18. The molecule has 0 aliphatic carbocycles. The van der Waals surface area contributed by atoms with E-state index in [0.717, 1.165) is 22.3 Å². The molecular weight excluding hydrogens is 318 g/mol. The molecule has 132 valence electrons. The van der Waals surface area contributed by atoms with Gasteiger partial charge >= 0.3 is 5.97 Å². The summed E-state index contributed by atoms with van der Waals surface area (Å²) in [7, 11) is 0. The molecule has 0 spiro atoms. The number of ether oxygens (including phenoxy) is 2. The molecule has 5 nitrogen and oxygen atoms in total. The molecule has 5 heteroatoms. The van der Waals surface area contributed by atoms with E-state index in [4.69, 9.17) is 9.47 Å². The van der Waals surface area contributed by atoms with Gasteiger partial charge in [-0.05, 0) is 43.5 Å². The zero-order valence-electron chi connectivity index (χ0n) is 14.8. The monoisotopic (exact) mass is 341 g/mol. The Labute approximate surface area is 148 Å². The molecule has 25 heavy (non-hydrogen) atoms. The van der Waals surface area contributed by atoms with Gasteiger partial charge in [-0.15, -0.1) is 0 Å². The van der Waals surface area contributed by atoms with Crippen molar-refractivity contribution in [1.29, 1.82) is 0 Å². The van der Waals surface area contributed by atoms with Gasteiger partial charge in [0.2, 0.25) is 0 Å². The van der Waals surface area contributed by atoms with Crippen LogP contribution in [0.3, 0.4) is 0 Å². The van der Waals surface area contributed by atoms with Crippen molar-refractivity contribution in [1.82, 2.24) is 5.32 Å². The van der Waals surface area contributed by atoms with Crippen LogP contribution in [-0.4, -0.2) is 25.1 Å². The van der Waals surface area contributed by atoms with Gasteiger partial charge in [-0.2, -0.15) is 0 Å². The van der Waals surface area contributed by atoms with Gasteiger partial charge < -0.3 is 14.8 Å². The summed E-state index contributed by atoms with van der Waals surface area (Å²) in [4.78, 5) is 23.5. The van der Waals surface area contributed by atoms with E-state index in [1.807, 2.05) is 63.2 Å². The van der Waals surface area contributed by atoms with Gasteiger partial charge in [-0.25, -0.2) is 4.79 Å². The molecule has 2 rings (SSSR count). The first-order chi connectivity index (χ1) is 12.0. The molecule has 0 aliphatic rings. The predicted molar refractivity (Wildman–Crippen MR) is 95.4 cm³/mol. The predicted octanol–water partition coefficient (Wildman–Crippen LogP) is 2.85. The van der Waals surface area contributed by atoms with E-state index < -0.39 is 5.97 Å². The van der Waals surface area contributed by atoms with Crippen LogP contribution in [-0.2, 0) is 20.9 Å². The number of nitrogens with one attached hydrogen (secondary N) is 1. The number of rotatable bonds is 7. The molecule has 2 aromatic carbocycles. The summed E-state index contributed by atoms with van der Waals surface area (Å²) in [5.74, 6) is -0.291. The number of hydrogen-bond donors (Lipinski definition) is 1. The Kier molecular flexibility index (Phi) is 6.57. The Balaban J connectivity index is 1.70. The van der Waals surface area contributed by atoms with E-state index in [9.17, 15) is 9.59 Å². The Bertz CT molecular complexity index is 755.